The molecule has 0 aliphatic heterocycles. The van der Waals surface area contributed by atoms with Gasteiger partial charge in [-0.2, -0.15) is 5.10 Å². The van der Waals surface area contributed by atoms with Crippen molar-refractivity contribution in [3.63, 3.8) is 0 Å². The molecule has 1 heterocycles. The normalized spacial score (nSPS) is 30.9. The Bertz CT molecular complexity index is 494. The molecule has 0 aromatic carbocycles. The van der Waals surface area contributed by atoms with Crippen molar-refractivity contribution in [2.45, 2.75) is 44.8 Å². The fourth-order valence-corrected chi connectivity index (χ4v) is 3.89. The van der Waals surface area contributed by atoms with Gasteiger partial charge in [-0.05, 0) is 44.4 Å². The Morgan fingerprint density at radius 1 is 1.45 bits per heavy atom. The van der Waals surface area contributed by atoms with Crippen LogP contribution >= 0.6 is 0 Å². The van der Waals surface area contributed by atoms with Crippen LogP contribution in [0.4, 0.5) is 0 Å². The minimum Gasteiger partial charge on any atom is -0.387 e. The van der Waals surface area contributed by atoms with E-state index in [2.05, 4.69) is 23.4 Å². The van der Waals surface area contributed by atoms with E-state index in [0.717, 1.165) is 17.4 Å². The van der Waals surface area contributed by atoms with Crippen LogP contribution in [0.1, 0.15) is 44.3 Å². The molecule has 20 heavy (non-hydrogen) atoms. The van der Waals surface area contributed by atoms with E-state index in [1.165, 1.54) is 25.7 Å². The van der Waals surface area contributed by atoms with Crippen LogP contribution < -0.4 is 5.32 Å². The molecule has 3 rings (SSSR count). The number of aliphatic hydroxyl groups excluding tert-OH is 1. The molecule has 1 aromatic rings. The van der Waals surface area contributed by atoms with E-state index in [-0.39, 0.29) is 0 Å². The van der Waals surface area contributed by atoms with Gasteiger partial charge >= 0.3 is 0 Å². The van der Waals surface area contributed by atoms with E-state index in [4.69, 9.17) is 0 Å². The summed E-state index contributed by atoms with van der Waals surface area (Å²) in [6.07, 6.45) is 10.7. The highest BCUT2D eigenvalue weighted by molar-refractivity contribution is 5.11. The van der Waals surface area contributed by atoms with Crippen LogP contribution in [0.3, 0.4) is 0 Å². The fraction of sp³-hybridized carbons (Fsp3) is 0.688. The summed E-state index contributed by atoms with van der Waals surface area (Å²) in [5.41, 5.74) is 2.46. The number of hydrogen-bond acceptors (Lipinski definition) is 3. The van der Waals surface area contributed by atoms with Crippen molar-refractivity contribution in [1.82, 2.24) is 15.1 Å². The van der Waals surface area contributed by atoms with Crippen molar-refractivity contribution < 1.29 is 5.11 Å². The molecule has 4 heteroatoms. The molecule has 0 spiro atoms. The third-order valence-corrected chi connectivity index (χ3v) is 4.68. The Labute approximate surface area is 120 Å². The average molecular weight is 275 g/mol. The first-order valence-corrected chi connectivity index (χ1v) is 7.67. The summed E-state index contributed by atoms with van der Waals surface area (Å²) < 4.78 is 1.73. The Morgan fingerprint density at radius 2 is 2.30 bits per heavy atom. The standard InChI is InChI=1S/C16H25N3O/c1-11-3-12-5-13(4-11)7-15(6-12)17-9-16(20)14-8-18-19(2)10-14/h3,8,10,12-13,15-17,20H,4-7,9H2,1-2H3. The second-order valence-corrected chi connectivity index (χ2v) is 6.62. The Morgan fingerprint density at radius 3 is 3.00 bits per heavy atom. The van der Waals surface area contributed by atoms with Crippen molar-refractivity contribution in [3.05, 3.63) is 29.6 Å². The number of aromatic nitrogens is 2. The lowest BCUT2D eigenvalue weighted by atomic mass is 9.71. The van der Waals surface area contributed by atoms with Gasteiger partial charge in [0, 0.05) is 31.4 Å². The fourth-order valence-electron chi connectivity index (χ4n) is 3.89. The highest BCUT2D eigenvalue weighted by Gasteiger charge is 2.30. The van der Waals surface area contributed by atoms with Crippen LogP contribution in [-0.2, 0) is 7.05 Å². The van der Waals surface area contributed by atoms with Gasteiger partial charge in [0.25, 0.3) is 0 Å². The predicted molar refractivity (Wildman–Crippen MR) is 79.2 cm³/mol. The van der Waals surface area contributed by atoms with E-state index in [0.29, 0.717) is 12.6 Å². The lowest BCUT2D eigenvalue weighted by molar-refractivity contribution is 0.153. The molecule has 110 valence electrons. The number of fused-ring (bicyclic) bond motifs is 2. The van der Waals surface area contributed by atoms with E-state index in [1.54, 1.807) is 16.5 Å². The molecular weight excluding hydrogens is 250 g/mol. The van der Waals surface area contributed by atoms with Crippen molar-refractivity contribution in [2.24, 2.45) is 18.9 Å². The van der Waals surface area contributed by atoms with Gasteiger partial charge in [0.05, 0.1) is 12.3 Å². The first-order chi connectivity index (χ1) is 9.60. The number of nitrogens with zero attached hydrogens (tertiary/aromatic N) is 2. The topological polar surface area (TPSA) is 50.1 Å². The number of hydrogen-bond donors (Lipinski definition) is 2. The molecule has 2 bridgehead atoms. The Hall–Kier alpha value is -1.13. The third-order valence-electron chi connectivity index (χ3n) is 4.68. The van der Waals surface area contributed by atoms with Gasteiger partial charge in [-0.1, -0.05) is 11.6 Å². The van der Waals surface area contributed by atoms with Crippen LogP contribution in [0.25, 0.3) is 0 Å². The molecule has 2 N–H and O–H groups in total. The number of aliphatic hydroxyl groups is 1. The molecule has 1 aromatic heterocycles. The predicted octanol–water partition coefficient (Wildman–Crippen LogP) is 2.18. The van der Waals surface area contributed by atoms with E-state index >= 15 is 0 Å². The van der Waals surface area contributed by atoms with Gasteiger partial charge in [0.1, 0.15) is 0 Å². The highest BCUT2D eigenvalue weighted by Crippen LogP contribution is 2.38. The van der Waals surface area contributed by atoms with Crippen molar-refractivity contribution >= 4 is 0 Å². The zero-order valence-corrected chi connectivity index (χ0v) is 12.4. The molecule has 0 amide bonds. The summed E-state index contributed by atoms with van der Waals surface area (Å²) in [6.45, 7) is 2.89. The summed E-state index contributed by atoms with van der Waals surface area (Å²) in [5.74, 6) is 1.59. The van der Waals surface area contributed by atoms with Gasteiger partial charge in [0.2, 0.25) is 0 Å². The molecule has 4 unspecified atom stereocenters. The zero-order valence-electron chi connectivity index (χ0n) is 12.4. The Balaban J connectivity index is 1.52. The maximum atomic E-state index is 10.2. The average Bonchev–Trinajstić information content (AvgIpc) is 2.81. The molecule has 4 atom stereocenters. The second kappa shape index (κ2) is 5.70. The third kappa shape index (κ3) is 3.13. The molecule has 0 radical (unpaired) electrons. The van der Waals surface area contributed by atoms with Crippen molar-refractivity contribution in [1.29, 1.82) is 0 Å². The molecular formula is C16H25N3O. The van der Waals surface area contributed by atoms with Gasteiger partial charge < -0.3 is 10.4 Å². The first kappa shape index (κ1) is 13.8. The first-order valence-electron chi connectivity index (χ1n) is 7.67. The maximum Gasteiger partial charge on any atom is 0.0944 e. The van der Waals surface area contributed by atoms with Crippen LogP contribution in [0.5, 0.6) is 0 Å². The number of allylic oxidation sites excluding steroid dienone is 2. The van der Waals surface area contributed by atoms with Gasteiger partial charge in [-0.3, -0.25) is 4.68 Å². The van der Waals surface area contributed by atoms with Gasteiger partial charge in [0.15, 0.2) is 0 Å². The molecule has 0 saturated heterocycles. The highest BCUT2D eigenvalue weighted by atomic mass is 16.3. The van der Waals surface area contributed by atoms with E-state index in [9.17, 15) is 5.11 Å². The Kier molecular flexibility index (Phi) is 3.94. The van der Waals surface area contributed by atoms with E-state index < -0.39 is 6.10 Å². The largest absolute Gasteiger partial charge is 0.387 e. The number of rotatable bonds is 4. The minimum absolute atomic E-state index is 0.456. The van der Waals surface area contributed by atoms with Crippen LogP contribution in [-0.4, -0.2) is 27.5 Å². The molecule has 2 aliphatic rings. The van der Waals surface area contributed by atoms with Crippen molar-refractivity contribution in [2.75, 3.05) is 6.54 Å². The summed E-state index contributed by atoms with van der Waals surface area (Å²) in [6, 6.07) is 0.550. The summed E-state index contributed by atoms with van der Waals surface area (Å²) in [5, 5.41) is 17.8. The smallest absolute Gasteiger partial charge is 0.0944 e. The zero-order chi connectivity index (χ0) is 14.1. The summed E-state index contributed by atoms with van der Waals surface area (Å²) in [7, 11) is 1.88. The molecule has 4 nitrogen and oxygen atoms in total. The lowest BCUT2D eigenvalue weighted by Gasteiger charge is -2.38. The number of aryl methyl sites for hydroxylation is 1. The monoisotopic (exact) mass is 275 g/mol. The minimum atomic E-state index is -0.456. The van der Waals surface area contributed by atoms with Crippen LogP contribution in [0, 0.1) is 11.8 Å². The molecule has 1 saturated carbocycles. The van der Waals surface area contributed by atoms with E-state index in [1.807, 2.05) is 13.2 Å². The van der Waals surface area contributed by atoms with Crippen LogP contribution in [0.15, 0.2) is 24.0 Å². The SMILES string of the molecule is CC1=CC2CC(C1)CC(NCC(O)c1cnn(C)c1)C2. The number of nitrogens with one attached hydrogen (secondary N) is 1. The van der Waals surface area contributed by atoms with Crippen LogP contribution in [0.2, 0.25) is 0 Å². The van der Waals surface area contributed by atoms with Gasteiger partial charge in [-0.15, -0.1) is 0 Å². The molecule has 2 aliphatic carbocycles. The van der Waals surface area contributed by atoms with Crippen molar-refractivity contribution in [3.8, 4) is 0 Å². The lowest BCUT2D eigenvalue weighted by Crippen LogP contribution is -2.40. The summed E-state index contributed by atoms with van der Waals surface area (Å²) >= 11 is 0. The van der Waals surface area contributed by atoms with Gasteiger partial charge in [-0.25, -0.2) is 0 Å². The molecule has 1 fully saturated rings. The quantitative estimate of drug-likeness (QED) is 0.828. The second-order valence-electron chi connectivity index (χ2n) is 6.62. The summed E-state index contributed by atoms with van der Waals surface area (Å²) in [4.78, 5) is 0. The maximum absolute atomic E-state index is 10.2.